The van der Waals surface area contributed by atoms with Crippen LogP contribution in [-0.2, 0) is 16.1 Å². The molecule has 0 radical (unpaired) electrons. The zero-order valence-electron chi connectivity index (χ0n) is 20.6. The van der Waals surface area contributed by atoms with E-state index in [0.29, 0.717) is 37.8 Å². The number of ether oxygens (including phenoxy) is 1. The Morgan fingerprint density at radius 3 is 2.78 bits per heavy atom. The summed E-state index contributed by atoms with van der Waals surface area (Å²) >= 11 is 1.55. The predicted molar refractivity (Wildman–Crippen MR) is 141 cm³/mol. The van der Waals surface area contributed by atoms with E-state index in [2.05, 4.69) is 30.0 Å². The van der Waals surface area contributed by atoms with E-state index in [1.807, 2.05) is 29.3 Å². The Labute approximate surface area is 217 Å². The summed E-state index contributed by atoms with van der Waals surface area (Å²) < 4.78 is 23.1. The molecule has 11 heteroatoms. The number of hydrogen-bond acceptors (Lipinski definition) is 8. The fourth-order valence-electron chi connectivity index (χ4n) is 4.94. The number of alkyl halides is 1. The molecule has 3 aromatic heterocycles. The molecule has 5 heterocycles. The lowest BCUT2D eigenvalue weighted by molar-refractivity contribution is -0.128. The molecule has 4 aromatic rings. The molecule has 1 amide bonds. The number of nitrogens with zero attached hydrogens (tertiary/aromatic N) is 6. The summed E-state index contributed by atoms with van der Waals surface area (Å²) in [5.41, 5.74) is 8.07. The van der Waals surface area contributed by atoms with Crippen LogP contribution in [0.3, 0.4) is 0 Å². The van der Waals surface area contributed by atoms with Gasteiger partial charge in [-0.05, 0) is 19.1 Å². The van der Waals surface area contributed by atoms with Crippen LogP contribution in [0.5, 0.6) is 0 Å². The lowest BCUT2D eigenvalue weighted by Crippen LogP contribution is -2.42. The number of aromatic nitrogens is 4. The average molecular weight is 522 g/mol. The molecular weight excluding hydrogens is 493 g/mol. The molecule has 0 spiro atoms. The van der Waals surface area contributed by atoms with Crippen molar-refractivity contribution in [3.63, 3.8) is 0 Å². The first kappa shape index (κ1) is 24.0. The quantitative estimate of drug-likeness (QED) is 0.416. The van der Waals surface area contributed by atoms with Gasteiger partial charge in [-0.25, -0.2) is 19.0 Å². The van der Waals surface area contributed by atoms with Crippen LogP contribution in [0.1, 0.15) is 17.0 Å². The summed E-state index contributed by atoms with van der Waals surface area (Å²) in [5, 5.41) is 5.62. The van der Waals surface area contributed by atoms with Crippen molar-refractivity contribution < 1.29 is 13.9 Å². The maximum atomic E-state index is 14.7. The molecular formula is C26H28FN7O2S. The van der Waals surface area contributed by atoms with E-state index in [4.69, 9.17) is 25.5 Å². The average Bonchev–Trinajstić information content (AvgIpc) is 3.63. The third-order valence-electron chi connectivity index (χ3n) is 6.96. The summed E-state index contributed by atoms with van der Waals surface area (Å²) in [7, 11) is 0. The fraction of sp³-hybridized carbons (Fsp3) is 0.385. The maximum Gasteiger partial charge on any atom is 0.256 e. The van der Waals surface area contributed by atoms with Gasteiger partial charge in [-0.15, -0.1) is 11.3 Å². The first-order valence-corrected chi connectivity index (χ1v) is 13.2. The molecule has 2 N–H and O–H groups in total. The Morgan fingerprint density at radius 2 is 2.03 bits per heavy atom. The number of nitrogens with two attached hydrogens (primary N) is 1. The van der Waals surface area contributed by atoms with E-state index in [1.54, 1.807) is 16.0 Å². The lowest BCUT2D eigenvalue weighted by Gasteiger charge is -2.29. The van der Waals surface area contributed by atoms with Crippen LogP contribution in [0.15, 0.2) is 42.6 Å². The third kappa shape index (κ3) is 4.70. The number of aryl methyl sites for hydroxylation is 1. The first-order valence-electron chi connectivity index (χ1n) is 12.4. The topological polar surface area (TPSA) is 102 Å². The Kier molecular flexibility index (Phi) is 6.13. The number of fused-ring (bicyclic) bond motifs is 1. The van der Waals surface area contributed by atoms with Gasteiger partial charge in [0.05, 0.1) is 35.8 Å². The number of amides is 1. The monoisotopic (exact) mass is 521 g/mol. The fourth-order valence-corrected chi connectivity index (χ4v) is 6.03. The molecule has 1 unspecified atom stereocenters. The standard InChI is InChI=1S/C26H28FN7O2S/c1-17-3-2-4-18(13-17)19-5-7-34(31-19)21-14-20(33-9-11-36-12-10-33)23-24(29-21)30-22(37-23)15-32-8-6-26(27,16-32)25(28)35/h2-5,7,13-14H,6,8-12,15-16H2,1H3,(H2,28,35). The molecule has 2 fully saturated rings. The highest BCUT2D eigenvalue weighted by atomic mass is 32.1. The minimum atomic E-state index is -1.98. The second kappa shape index (κ2) is 9.47. The van der Waals surface area contributed by atoms with Gasteiger partial charge in [-0.1, -0.05) is 23.8 Å². The molecule has 2 aliphatic heterocycles. The van der Waals surface area contributed by atoms with Crippen LogP contribution in [0, 0.1) is 6.92 Å². The van der Waals surface area contributed by atoms with E-state index in [-0.39, 0.29) is 13.0 Å². The molecule has 2 aliphatic rings. The van der Waals surface area contributed by atoms with Gasteiger partial charge in [-0.2, -0.15) is 5.10 Å². The molecule has 37 heavy (non-hydrogen) atoms. The smallest absolute Gasteiger partial charge is 0.256 e. The van der Waals surface area contributed by atoms with E-state index in [1.165, 1.54) is 5.56 Å². The highest BCUT2D eigenvalue weighted by Gasteiger charge is 2.43. The van der Waals surface area contributed by atoms with Crippen LogP contribution in [-0.4, -0.2) is 75.6 Å². The number of anilines is 1. The third-order valence-corrected chi connectivity index (χ3v) is 8.01. The van der Waals surface area contributed by atoms with Gasteiger partial charge in [0, 0.05) is 50.4 Å². The highest BCUT2D eigenvalue weighted by Crippen LogP contribution is 2.35. The minimum absolute atomic E-state index is 0.0116. The second-order valence-electron chi connectivity index (χ2n) is 9.66. The highest BCUT2D eigenvalue weighted by molar-refractivity contribution is 7.19. The number of primary amides is 1. The zero-order valence-corrected chi connectivity index (χ0v) is 21.4. The van der Waals surface area contributed by atoms with Gasteiger partial charge < -0.3 is 15.4 Å². The number of pyridine rings is 1. The van der Waals surface area contributed by atoms with Crippen LogP contribution < -0.4 is 10.6 Å². The molecule has 1 aromatic carbocycles. The van der Waals surface area contributed by atoms with E-state index >= 15 is 0 Å². The normalized spacial score (nSPS) is 20.6. The van der Waals surface area contributed by atoms with Crippen LogP contribution in [0.25, 0.3) is 27.4 Å². The van der Waals surface area contributed by atoms with Crippen molar-refractivity contribution in [2.75, 3.05) is 44.3 Å². The summed E-state index contributed by atoms with van der Waals surface area (Å²) in [6.07, 6.45) is 2.02. The summed E-state index contributed by atoms with van der Waals surface area (Å²) in [5.74, 6) is -0.216. The zero-order chi connectivity index (χ0) is 25.6. The van der Waals surface area contributed by atoms with Gasteiger partial charge in [0.2, 0.25) is 5.67 Å². The number of thiazole rings is 1. The van der Waals surface area contributed by atoms with Crippen molar-refractivity contribution in [3.8, 4) is 17.1 Å². The minimum Gasteiger partial charge on any atom is -0.378 e. The number of rotatable bonds is 6. The number of halogens is 1. The number of carbonyl (C=O) groups excluding carboxylic acids is 1. The first-order chi connectivity index (χ1) is 17.9. The van der Waals surface area contributed by atoms with Crippen molar-refractivity contribution in [1.29, 1.82) is 0 Å². The maximum absolute atomic E-state index is 14.7. The van der Waals surface area contributed by atoms with Gasteiger partial charge in [-0.3, -0.25) is 9.69 Å². The molecule has 9 nitrogen and oxygen atoms in total. The molecule has 0 aliphatic carbocycles. The van der Waals surface area contributed by atoms with Crippen molar-refractivity contribution in [2.24, 2.45) is 5.73 Å². The number of benzene rings is 1. The van der Waals surface area contributed by atoms with Gasteiger partial charge in [0.1, 0.15) is 5.01 Å². The van der Waals surface area contributed by atoms with E-state index in [0.717, 1.165) is 39.7 Å². The second-order valence-corrected chi connectivity index (χ2v) is 10.7. The number of likely N-dealkylation sites (tertiary alicyclic amines) is 1. The molecule has 0 saturated carbocycles. The van der Waals surface area contributed by atoms with E-state index in [9.17, 15) is 9.18 Å². The van der Waals surface area contributed by atoms with Gasteiger partial charge in [0.25, 0.3) is 5.91 Å². The van der Waals surface area contributed by atoms with Gasteiger partial charge >= 0.3 is 0 Å². The molecule has 6 rings (SSSR count). The van der Waals surface area contributed by atoms with Crippen LogP contribution in [0.4, 0.5) is 10.1 Å². The Morgan fingerprint density at radius 1 is 1.19 bits per heavy atom. The summed E-state index contributed by atoms with van der Waals surface area (Å²) in [4.78, 5) is 25.4. The van der Waals surface area contributed by atoms with Crippen LogP contribution >= 0.6 is 11.3 Å². The molecule has 1 atom stereocenters. The summed E-state index contributed by atoms with van der Waals surface area (Å²) in [6.45, 7) is 5.81. The number of hydrogen-bond donors (Lipinski definition) is 1. The lowest BCUT2D eigenvalue weighted by atomic mass is 10.1. The molecule has 2 saturated heterocycles. The van der Waals surface area contributed by atoms with Crippen molar-refractivity contribution >= 4 is 33.3 Å². The van der Waals surface area contributed by atoms with Crippen LogP contribution in [0.2, 0.25) is 0 Å². The Hall–Kier alpha value is -3.41. The van der Waals surface area contributed by atoms with Gasteiger partial charge in [0.15, 0.2) is 11.5 Å². The number of morpholine rings is 1. The Bertz CT molecular complexity index is 1460. The van der Waals surface area contributed by atoms with Crippen molar-refractivity contribution in [3.05, 3.63) is 53.2 Å². The van der Waals surface area contributed by atoms with Crippen molar-refractivity contribution in [2.45, 2.75) is 25.6 Å². The predicted octanol–water partition coefficient (Wildman–Crippen LogP) is 3.09. The largest absolute Gasteiger partial charge is 0.378 e. The van der Waals surface area contributed by atoms with E-state index < -0.39 is 11.6 Å². The van der Waals surface area contributed by atoms with Crippen molar-refractivity contribution in [1.82, 2.24) is 24.6 Å². The Balaban J connectivity index is 1.35. The molecule has 192 valence electrons. The summed E-state index contributed by atoms with van der Waals surface area (Å²) in [6, 6.07) is 12.3. The SMILES string of the molecule is Cc1cccc(-c2ccn(-c3cc(N4CCOCC4)c4sc(CN5CCC(F)(C(N)=O)C5)nc4n3)n2)c1. The molecule has 0 bridgehead atoms. The number of carbonyl (C=O) groups is 1.